The number of fused-ring (bicyclic) bond motifs is 3. The minimum atomic E-state index is -0.365. The number of imide groups is 1. The third kappa shape index (κ3) is 1.80. The first-order valence-corrected chi connectivity index (χ1v) is 7.13. The van der Waals surface area contributed by atoms with Crippen LogP contribution in [0.1, 0.15) is 40.0 Å². The van der Waals surface area contributed by atoms with Crippen molar-refractivity contribution in [3.05, 3.63) is 23.5 Å². The fraction of sp³-hybridized carbons (Fsp3) is 0.357. The summed E-state index contributed by atoms with van der Waals surface area (Å²) >= 11 is 0. The molecule has 2 N–H and O–H groups in total. The number of rotatable bonds is 2. The van der Waals surface area contributed by atoms with Crippen LogP contribution in [0, 0.1) is 0 Å². The molecule has 2 aromatic rings. The fourth-order valence-corrected chi connectivity index (χ4v) is 3.07. The highest BCUT2D eigenvalue weighted by atomic mass is 16.2. The Morgan fingerprint density at radius 1 is 1.23 bits per heavy atom. The number of H-pyrrole nitrogens is 1. The molecule has 22 heavy (non-hydrogen) atoms. The average Bonchev–Trinajstić information content (AvgIpc) is 3.06. The molecule has 2 aliphatic rings. The van der Waals surface area contributed by atoms with Crippen LogP contribution >= 0.6 is 0 Å². The molecule has 1 saturated heterocycles. The van der Waals surface area contributed by atoms with E-state index in [0.717, 1.165) is 12.8 Å². The van der Waals surface area contributed by atoms with E-state index in [0.29, 0.717) is 28.6 Å². The molecule has 2 aromatic heterocycles. The van der Waals surface area contributed by atoms with Gasteiger partial charge in [0.05, 0.1) is 22.7 Å². The summed E-state index contributed by atoms with van der Waals surface area (Å²) in [4.78, 5) is 41.8. The molecular weight excluding hydrogens is 286 g/mol. The number of hydrogen-bond acceptors (Lipinski definition) is 5. The van der Waals surface area contributed by atoms with Crippen LogP contribution in [0.25, 0.3) is 11.0 Å². The van der Waals surface area contributed by atoms with E-state index in [1.54, 1.807) is 0 Å². The first-order valence-electron chi connectivity index (χ1n) is 7.13. The summed E-state index contributed by atoms with van der Waals surface area (Å²) < 4.78 is 0. The first-order chi connectivity index (χ1) is 10.6. The number of amides is 3. The molecule has 0 bridgehead atoms. The van der Waals surface area contributed by atoms with Crippen molar-refractivity contribution in [2.75, 3.05) is 6.54 Å². The van der Waals surface area contributed by atoms with Gasteiger partial charge in [0.2, 0.25) is 5.91 Å². The molecule has 0 aliphatic carbocycles. The number of nitrogens with one attached hydrogen (secondary N) is 2. The van der Waals surface area contributed by atoms with E-state index in [4.69, 9.17) is 0 Å². The highest BCUT2D eigenvalue weighted by Crippen LogP contribution is 2.28. The highest BCUT2D eigenvalue weighted by Gasteiger charge is 2.39. The molecule has 0 aromatic carbocycles. The molecule has 0 spiro atoms. The second kappa shape index (κ2) is 4.62. The smallest absolute Gasteiger partial charge is 0.263 e. The van der Waals surface area contributed by atoms with Crippen molar-refractivity contribution in [1.82, 2.24) is 25.4 Å². The maximum Gasteiger partial charge on any atom is 0.263 e. The Bertz CT molecular complexity index is 812. The van der Waals surface area contributed by atoms with E-state index in [9.17, 15) is 14.4 Å². The second-order valence-electron chi connectivity index (χ2n) is 5.56. The van der Waals surface area contributed by atoms with E-state index in [1.807, 2.05) is 0 Å². The maximum absolute atomic E-state index is 12.6. The molecule has 4 heterocycles. The number of pyridine rings is 1. The Balaban J connectivity index is 1.67. The number of hydrogen-bond donors (Lipinski definition) is 2. The second-order valence-corrected chi connectivity index (χ2v) is 5.56. The zero-order chi connectivity index (χ0) is 15.3. The molecule has 0 unspecified atom stereocenters. The summed E-state index contributed by atoms with van der Waals surface area (Å²) in [6.45, 7) is 0.192. The topological polar surface area (TPSA) is 108 Å². The predicted molar refractivity (Wildman–Crippen MR) is 75.0 cm³/mol. The van der Waals surface area contributed by atoms with Crippen LogP contribution in [0.4, 0.5) is 0 Å². The zero-order valence-corrected chi connectivity index (χ0v) is 11.6. The monoisotopic (exact) mass is 299 g/mol. The molecule has 2 aliphatic heterocycles. The summed E-state index contributed by atoms with van der Waals surface area (Å²) in [5.41, 5.74) is 1.11. The van der Waals surface area contributed by atoms with Crippen LogP contribution in [0.2, 0.25) is 0 Å². The lowest BCUT2D eigenvalue weighted by molar-refractivity contribution is -0.123. The van der Waals surface area contributed by atoms with Crippen molar-refractivity contribution in [3.63, 3.8) is 0 Å². The lowest BCUT2D eigenvalue weighted by Crippen LogP contribution is -2.47. The molecule has 1 fully saturated rings. The molecular formula is C14H13N5O3. The SMILES string of the molecule is O=C1CCC[C@@H](CN2C(=O)c3cnc4[nH]ncc4c3C2=O)N1. The normalized spacial score (nSPS) is 21.4. The van der Waals surface area contributed by atoms with Crippen molar-refractivity contribution >= 4 is 28.8 Å². The van der Waals surface area contributed by atoms with Gasteiger partial charge in [-0.25, -0.2) is 4.98 Å². The summed E-state index contributed by atoms with van der Waals surface area (Å²) in [6, 6.07) is -0.184. The molecule has 112 valence electrons. The lowest BCUT2D eigenvalue weighted by atomic mass is 10.0. The van der Waals surface area contributed by atoms with Crippen molar-refractivity contribution < 1.29 is 14.4 Å². The first kappa shape index (κ1) is 12.9. The molecule has 1 atom stereocenters. The average molecular weight is 299 g/mol. The van der Waals surface area contributed by atoms with Gasteiger partial charge in [-0.3, -0.25) is 24.4 Å². The van der Waals surface area contributed by atoms with Gasteiger partial charge in [0.15, 0.2) is 5.65 Å². The Hall–Kier alpha value is -2.77. The summed E-state index contributed by atoms with van der Waals surface area (Å²) in [5, 5.41) is 9.92. The number of aromatic nitrogens is 3. The van der Waals surface area contributed by atoms with Crippen LogP contribution in [-0.2, 0) is 4.79 Å². The molecule has 0 radical (unpaired) electrons. The minimum Gasteiger partial charge on any atom is -0.352 e. The fourth-order valence-electron chi connectivity index (χ4n) is 3.07. The van der Waals surface area contributed by atoms with Gasteiger partial charge in [-0.1, -0.05) is 0 Å². The van der Waals surface area contributed by atoms with Crippen molar-refractivity contribution in [1.29, 1.82) is 0 Å². The van der Waals surface area contributed by atoms with Crippen LogP contribution in [0.3, 0.4) is 0 Å². The van der Waals surface area contributed by atoms with Crippen molar-refractivity contribution in [2.45, 2.75) is 25.3 Å². The standard InChI is InChI=1S/C14H13N5O3/c20-10-3-1-2-7(17-10)6-19-13(21)9-4-15-12-8(5-16-18-12)11(9)14(19)22/h4-5,7H,1-3,6H2,(H,17,20)(H,15,16,18)/t7-/m0/s1. The number of piperidine rings is 1. The third-order valence-electron chi connectivity index (χ3n) is 4.14. The van der Waals surface area contributed by atoms with Gasteiger partial charge < -0.3 is 5.32 Å². The minimum absolute atomic E-state index is 0.0354. The lowest BCUT2D eigenvalue weighted by Gasteiger charge is -2.26. The molecule has 3 amide bonds. The predicted octanol–water partition coefficient (Wildman–Crippen LogP) is 0.223. The van der Waals surface area contributed by atoms with Crippen LogP contribution in [0.15, 0.2) is 12.4 Å². The van der Waals surface area contributed by atoms with Crippen molar-refractivity contribution in [3.8, 4) is 0 Å². The van der Waals surface area contributed by atoms with E-state index in [2.05, 4.69) is 20.5 Å². The third-order valence-corrected chi connectivity index (χ3v) is 4.14. The van der Waals surface area contributed by atoms with Gasteiger partial charge in [-0.05, 0) is 12.8 Å². The van der Waals surface area contributed by atoms with E-state index in [1.165, 1.54) is 17.3 Å². The van der Waals surface area contributed by atoms with E-state index < -0.39 is 0 Å². The number of carbonyl (C=O) groups is 3. The number of nitrogens with zero attached hydrogens (tertiary/aromatic N) is 3. The number of aromatic amines is 1. The molecule has 0 saturated carbocycles. The quantitative estimate of drug-likeness (QED) is 0.771. The van der Waals surface area contributed by atoms with Gasteiger partial charge in [0.1, 0.15) is 0 Å². The Labute approximate surface area is 124 Å². The highest BCUT2D eigenvalue weighted by molar-refractivity contribution is 6.25. The van der Waals surface area contributed by atoms with Gasteiger partial charge in [0.25, 0.3) is 11.8 Å². The van der Waals surface area contributed by atoms with Gasteiger partial charge in [0, 0.05) is 25.2 Å². The summed E-state index contributed by atoms with van der Waals surface area (Å²) in [7, 11) is 0. The zero-order valence-electron chi connectivity index (χ0n) is 11.6. The summed E-state index contributed by atoms with van der Waals surface area (Å²) in [6.07, 6.45) is 4.93. The van der Waals surface area contributed by atoms with Gasteiger partial charge in [-0.2, -0.15) is 5.10 Å². The van der Waals surface area contributed by atoms with Gasteiger partial charge in [-0.15, -0.1) is 0 Å². The molecule has 4 rings (SSSR count). The largest absolute Gasteiger partial charge is 0.352 e. The Kier molecular flexibility index (Phi) is 2.72. The Morgan fingerprint density at radius 3 is 2.91 bits per heavy atom. The Morgan fingerprint density at radius 2 is 2.09 bits per heavy atom. The van der Waals surface area contributed by atoms with E-state index >= 15 is 0 Å². The van der Waals surface area contributed by atoms with Gasteiger partial charge >= 0.3 is 0 Å². The van der Waals surface area contributed by atoms with E-state index in [-0.39, 0.29) is 30.3 Å². The summed E-state index contributed by atoms with van der Waals surface area (Å²) in [5.74, 6) is -0.754. The molecule has 8 heteroatoms. The number of carbonyl (C=O) groups excluding carboxylic acids is 3. The maximum atomic E-state index is 12.6. The van der Waals surface area contributed by atoms with Crippen LogP contribution in [0.5, 0.6) is 0 Å². The van der Waals surface area contributed by atoms with Crippen LogP contribution < -0.4 is 5.32 Å². The van der Waals surface area contributed by atoms with Crippen LogP contribution in [-0.4, -0.2) is 50.4 Å². The molecule has 8 nitrogen and oxygen atoms in total. The van der Waals surface area contributed by atoms with Crippen molar-refractivity contribution in [2.24, 2.45) is 0 Å².